The van der Waals surface area contributed by atoms with Crippen molar-refractivity contribution in [3.05, 3.63) is 41.9 Å². The summed E-state index contributed by atoms with van der Waals surface area (Å²) >= 11 is 6.02. The summed E-state index contributed by atoms with van der Waals surface area (Å²) in [6.45, 7) is 0. The molecule has 1 aromatic heterocycles. The fourth-order valence-electron chi connectivity index (χ4n) is 2.79. The molecule has 1 saturated carbocycles. The third-order valence-corrected chi connectivity index (χ3v) is 4.06. The summed E-state index contributed by atoms with van der Waals surface area (Å²) in [5.74, 6) is 0.675. The van der Waals surface area contributed by atoms with Gasteiger partial charge in [-0.05, 0) is 31.4 Å². The second-order valence-corrected chi connectivity index (χ2v) is 5.64. The number of ether oxygens (including phenoxy) is 1. The number of nitrogens with two attached hydrogens (primary N) is 1. The van der Waals surface area contributed by atoms with Crippen LogP contribution in [0.1, 0.15) is 31.7 Å². The van der Waals surface area contributed by atoms with E-state index in [9.17, 15) is 0 Å². The van der Waals surface area contributed by atoms with Gasteiger partial charge < -0.3 is 15.0 Å². The summed E-state index contributed by atoms with van der Waals surface area (Å²) in [7, 11) is 0. The monoisotopic (exact) mass is 291 g/mol. The van der Waals surface area contributed by atoms with Gasteiger partial charge in [-0.15, -0.1) is 0 Å². The van der Waals surface area contributed by atoms with Crippen LogP contribution in [0.15, 0.2) is 36.9 Å². The van der Waals surface area contributed by atoms with Crippen LogP contribution in [0.2, 0.25) is 5.02 Å². The molecule has 0 spiro atoms. The Morgan fingerprint density at radius 3 is 2.95 bits per heavy atom. The zero-order valence-corrected chi connectivity index (χ0v) is 12.0. The summed E-state index contributed by atoms with van der Waals surface area (Å²) in [6, 6.07) is 5.66. The van der Waals surface area contributed by atoms with E-state index < -0.39 is 0 Å². The smallest absolute Gasteiger partial charge is 0.144 e. The first-order valence-corrected chi connectivity index (χ1v) is 7.31. The normalized spacial score (nSPS) is 22.6. The van der Waals surface area contributed by atoms with Gasteiger partial charge in [0.15, 0.2) is 0 Å². The highest BCUT2D eigenvalue weighted by Gasteiger charge is 2.28. The van der Waals surface area contributed by atoms with E-state index in [1.807, 2.05) is 12.5 Å². The maximum Gasteiger partial charge on any atom is 0.144 e. The summed E-state index contributed by atoms with van der Waals surface area (Å²) in [5, 5.41) is 0.643. The third kappa shape index (κ3) is 2.75. The lowest BCUT2D eigenvalue weighted by atomic mass is 9.92. The lowest BCUT2D eigenvalue weighted by Gasteiger charge is -2.33. The van der Waals surface area contributed by atoms with E-state index in [1.54, 1.807) is 24.4 Å². The molecule has 2 N–H and O–H groups in total. The highest BCUT2D eigenvalue weighted by molar-refractivity contribution is 6.30. The molecular weight excluding hydrogens is 274 g/mol. The molecule has 5 heteroatoms. The fourth-order valence-corrected chi connectivity index (χ4v) is 2.96. The molecule has 0 saturated heterocycles. The number of nitrogen functional groups attached to an aromatic ring is 1. The summed E-state index contributed by atoms with van der Waals surface area (Å²) < 4.78 is 8.27. The van der Waals surface area contributed by atoms with Crippen molar-refractivity contribution in [3.63, 3.8) is 0 Å². The Kier molecular flexibility index (Phi) is 3.83. The maximum absolute atomic E-state index is 6.15. The quantitative estimate of drug-likeness (QED) is 0.878. The lowest BCUT2D eigenvalue weighted by molar-refractivity contribution is 0.0985. The van der Waals surface area contributed by atoms with Crippen LogP contribution < -0.4 is 10.5 Å². The molecule has 1 aliphatic carbocycles. The van der Waals surface area contributed by atoms with Crippen LogP contribution in [0.4, 0.5) is 5.69 Å². The molecule has 0 amide bonds. The number of halogens is 1. The van der Waals surface area contributed by atoms with Crippen LogP contribution in [0.25, 0.3) is 0 Å². The predicted octanol–water partition coefficient (Wildman–Crippen LogP) is 3.68. The Morgan fingerprint density at radius 2 is 2.15 bits per heavy atom. The Bertz CT molecular complexity index is 571. The molecule has 20 heavy (non-hydrogen) atoms. The molecule has 3 rings (SSSR count). The largest absolute Gasteiger partial charge is 0.486 e. The van der Waals surface area contributed by atoms with Gasteiger partial charge >= 0.3 is 0 Å². The molecule has 1 aromatic carbocycles. The molecule has 4 nitrogen and oxygen atoms in total. The highest BCUT2D eigenvalue weighted by atomic mass is 35.5. The van der Waals surface area contributed by atoms with Gasteiger partial charge in [0.2, 0.25) is 0 Å². The molecule has 1 aliphatic rings. The van der Waals surface area contributed by atoms with Gasteiger partial charge in [0.05, 0.1) is 18.1 Å². The standard InChI is InChI=1S/C15H18ClN3O/c16-11-5-6-12(17)15(9-11)20-14-4-2-1-3-13(14)19-8-7-18-10-19/h5-10,13-14H,1-4,17H2. The van der Waals surface area contributed by atoms with Gasteiger partial charge in [-0.25, -0.2) is 4.98 Å². The predicted molar refractivity (Wildman–Crippen MR) is 80.0 cm³/mol. The molecule has 106 valence electrons. The second-order valence-electron chi connectivity index (χ2n) is 5.20. The summed E-state index contributed by atoms with van der Waals surface area (Å²) in [5.41, 5.74) is 6.60. The first-order valence-electron chi connectivity index (χ1n) is 6.93. The van der Waals surface area contributed by atoms with Gasteiger partial charge in [-0.3, -0.25) is 0 Å². The van der Waals surface area contributed by atoms with Crippen molar-refractivity contribution in [2.75, 3.05) is 5.73 Å². The number of anilines is 1. The highest BCUT2D eigenvalue weighted by Crippen LogP contribution is 2.34. The summed E-state index contributed by atoms with van der Waals surface area (Å²) in [6.07, 6.45) is 10.3. The van der Waals surface area contributed by atoms with E-state index >= 15 is 0 Å². The van der Waals surface area contributed by atoms with Gasteiger partial charge in [0.25, 0.3) is 0 Å². The number of nitrogens with zero attached hydrogens (tertiary/aromatic N) is 2. The minimum atomic E-state index is 0.110. The average Bonchev–Trinajstić information content (AvgIpc) is 2.97. The zero-order chi connectivity index (χ0) is 13.9. The number of aromatic nitrogens is 2. The van der Waals surface area contributed by atoms with E-state index in [2.05, 4.69) is 9.55 Å². The van der Waals surface area contributed by atoms with Crippen LogP contribution in [0.3, 0.4) is 0 Å². The Balaban J connectivity index is 1.82. The van der Waals surface area contributed by atoms with Gasteiger partial charge in [-0.2, -0.15) is 0 Å². The fraction of sp³-hybridized carbons (Fsp3) is 0.400. The van der Waals surface area contributed by atoms with E-state index in [4.69, 9.17) is 22.1 Å². The zero-order valence-electron chi connectivity index (χ0n) is 11.2. The van der Waals surface area contributed by atoms with Gasteiger partial charge in [0.1, 0.15) is 11.9 Å². The Morgan fingerprint density at radius 1 is 1.30 bits per heavy atom. The third-order valence-electron chi connectivity index (χ3n) is 3.83. The van der Waals surface area contributed by atoms with Crippen molar-refractivity contribution in [2.24, 2.45) is 0 Å². The van der Waals surface area contributed by atoms with E-state index in [-0.39, 0.29) is 6.10 Å². The second kappa shape index (κ2) is 5.75. The number of hydrogen-bond donors (Lipinski definition) is 1. The SMILES string of the molecule is Nc1ccc(Cl)cc1OC1CCCCC1n1ccnc1. The molecule has 2 atom stereocenters. The maximum atomic E-state index is 6.15. The molecular formula is C15H18ClN3O. The Labute approximate surface area is 123 Å². The van der Waals surface area contributed by atoms with Crippen molar-refractivity contribution < 1.29 is 4.74 Å². The van der Waals surface area contributed by atoms with Crippen molar-refractivity contribution in [3.8, 4) is 5.75 Å². The minimum absolute atomic E-state index is 0.110. The molecule has 1 heterocycles. The number of rotatable bonds is 3. The lowest BCUT2D eigenvalue weighted by Crippen LogP contribution is -2.32. The first kappa shape index (κ1) is 13.3. The van der Waals surface area contributed by atoms with Crippen LogP contribution in [0.5, 0.6) is 5.75 Å². The molecule has 2 unspecified atom stereocenters. The molecule has 0 radical (unpaired) electrons. The van der Waals surface area contributed by atoms with Crippen LogP contribution in [0, 0.1) is 0 Å². The van der Waals surface area contributed by atoms with Crippen molar-refractivity contribution in [2.45, 2.75) is 37.8 Å². The van der Waals surface area contributed by atoms with Crippen molar-refractivity contribution in [1.29, 1.82) is 0 Å². The number of benzene rings is 1. The van der Waals surface area contributed by atoms with Crippen molar-refractivity contribution >= 4 is 17.3 Å². The topological polar surface area (TPSA) is 53.1 Å². The van der Waals surface area contributed by atoms with Crippen LogP contribution in [-0.4, -0.2) is 15.7 Å². The first-order chi connectivity index (χ1) is 9.74. The number of imidazole rings is 1. The van der Waals surface area contributed by atoms with Gasteiger partial charge in [0, 0.05) is 23.5 Å². The molecule has 1 fully saturated rings. The minimum Gasteiger partial charge on any atom is -0.486 e. The van der Waals surface area contributed by atoms with Crippen LogP contribution >= 0.6 is 11.6 Å². The van der Waals surface area contributed by atoms with Crippen LogP contribution in [-0.2, 0) is 0 Å². The van der Waals surface area contributed by atoms with E-state index in [0.29, 0.717) is 22.5 Å². The van der Waals surface area contributed by atoms with Crippen molar-refractivity contribution in [1.82, 2.24) is 9.55 Å². The number of hydrogen-bond acceptors (Lipinski definition) is 3. The molecule has 2 aromatic rings. The summed E-state index contributed by atoms with van der Waals surface area (Å²) in [4.78, 5) is 4.13. The Hall–Kier alpha value is -1.68. The van der Waals surface area contributed by atoms with Gasteiger partial charge in [-0.1, -0.05) is 18.0 Å². The molecule has 0 aliphatic heterocycles. The molecule has 0 bridgehead atoms. The van der Waals surface area contributed by atoms with E-state index in [1.165, 1.54) is 12.8 Å². The average molecular weight is 292 g/mol. The van der Waals surface area contributed by atoms with E-state index in [0.717, 1.165) is 12.8 Å².